The Morgan fingerprint density at radius 1 is 1.53 bits per heavy atom. The van der Waals surface area contributed by atoms with Crippen molar-refractivity contribution in [2.75, 3.05) is 7.11 Å². The molecular weight excluding hydrogens is 248 g/mol. The first kappa shape index (κ1) is 13.6. The largest absolute Gasteiger partial charge is 0.370 e. The molecule has 8 nitrogen and oxygen atoms in total. The summed E-state index contributed by atoms with van der Waals surface area (Å²) in [5.41, 5.74) is 5.65. The smallest absolute Gasteiger partial charge is 0.248 e. The van der Waals surface area contributed by atoms with Crippen LogP contribution in [0, 0.1) is 0 Å². The molecular formula is C11H18N6O2. The predicted octanol–water partition coefficient (Wildman–Crippen LogP) is 0.440. The Balaban J connectivity index is 2.13. The van der Waals surface area contributed by atoms with Gasteiger partial charge in [-0.3, -0.25) is 0 Å². The van der Waals surface area contributed by atoms with E-state index < -0.39 is 5.60 Å². The zero-order valence-electron chi connectivity index (χ0n) is 11.3. The van der Waals surface area contributed by atoms with Crippen molar-refractivity contribution in [2.45, 2.75) is 39.0 Å². The molecule has 0 aliphatic carbocycles. The van der Waals surface area contributed by atoms with Crippen LogP contribution in [0.15, 0.2) is 10.7 Å². The third-order valence-corrected chi connectivity index (χ3v) is 3.16. The number of rotatable bonds is 6. The number of hydrogen-bond donors (Lipinski definition) is 1. The Labute approximate surface area is 110 Å². The van der Waals surface area contributed by atoms with Crippen LogP contribution >= 0.6 is 0 Å². The summed E-state index contributed by atoms with van der Waals surface area (Å²) in [5, 5.41) is 11.8. The summed E-state index contributed by atoms with van der Waals surface area (Å²) in [7, 11) is 1.63. The van der Waals surface area contributed by atoms with Crippen LogP contribution in [0.5, 0.6) is 0 Å². The van der Waals surface area contributed by atoms with Gasteiger partial charge in [-0.1, -0.05) is 17.3 Å². The van der Waals surface area contributed by atoms with E-state index in [1.165, 1.54) is 0 Å². The third kappa shape index (κ3) is 2.79. The van der Waals surface area contributed by atoms with Crippen LogP contribution in [0.25, 0.3) is 0 Å². The molecule has 2 rings (SSSR count). The summed E-state index contributed by atoms with van der Waals surface area (Å²) in [6.07, 6.45) is 2.50. The van der Waals surface area contributed by atoms with E-state index >= 15 is 0 Å². The first-order valence-corrected chi connectivity index (χ1v) is 6.08. The van der Waals surface area contributed by atoms with Gasteiger partial charge in [-0.2, -0.15) is 4.98 Å². The van der Waals surface area contributed by atoms with Crippen molar-refractivity contribution in [3.8, 4) is 0 Å². The Hall–Kier alpha value is -1.80. The number of nitrogens with zero attached hydrogens (tertiary/aromatic N) is 5. The van der Waals surface area contributed by atoms with Crippen molar-refractivity contribution in [2.24, 2.45) is 5.73 Å². The summed E-state index contributed by atoms with van der Waals surface area (Å²) in [5.74, 6) is 0.992. The van der Waals surface area contributed by atoms with Crippen LogP contribution in [-0.2, 0) is 23.4 Å². The second kappa shape index (κ2) is 5.45. The molecule has 0 bridgehead atoms. The highest BCUT2D eigenvalue weighted by Gasteiger charge is 2.30. The van der Waals surface area contributed by atoms with Gasteiger partial charge in [0.1, 0.15) is 12.1 Å². The zero-order chi connectivity index (χ0) is 13.9. The van der Waals surface area contributed by atoms with E-state index in [1.54, 1.807) is 18.0 Å². The van der Waals surface area contributed by atoms with Crippen LogP contribution in [0.3, 0.4) is 0 Å². The first-order valence-electron chi connectivity index (χ1n) is 6.08. The third-order valence-electron chi connectivity index (χ3n) is 3.16. The molecule has 0 radical (unpaired) electrons. The van der Waals surface area contributed by atoms with Crippen LogP contribution in [0.1, 0.15) is 37.7 Å². The highest BCUT2D eigenvalue weighted by atomic mass is 16.5. The quantitative estimate of drug-likeness (QED) is 0.808. The van der Waals surface area contributed by atoms with E-state index in [-0.39, 0.29) is 0 Å². The average molecular weight is 266 g/mol. The van der Waals surface area contributed by atoms with Gasteiger partial charge in [-0.25, -0.2) is 4.68 Å². The maximum Gasteiger partial charge on any atom is 0.248 e. The lowest BCUT2D eigenvalue weighted by atomic mass is 10.0. The van der Waals surface area contributed by atoms with E-state index in [1.807, 2.05) is 13.8 Å². The van der Waals surface area contributed by atoms with Crippen LogP contribution in [0.2, 0.25) is 0 Å². The van der Waals surface area contributed by atoms with Crippen LogP contribution in [-0.4, -0.2) is 32.2 Å². The number of ether oxygens (including phenoxy) is 1. The van der Waals surface area contributed by atoms with Crippen LogP contribution < -0.4 is 5.73 Å². The van der Waals surface area contributed by atoms with E-state index in [2.05, 4.69) is 20.5 Å². The summed E-state index contributed by atoms with van der Waals surface area (Å²) < 4.78 is 12.2. The molecule has 104 valence electrons. The van der Waals surface area contributed by atoms with E-state index in [9.17, 15) is 0 Å². The molecule has 2 N–H and O–H groups in total. The summed E-state index contributed by atoms with van der Waals surface area (Å²) in [4.78, 5) is 4.33. The molecule has 0 spiro atoms. The molecule has 0 aliphatic heterocycles. The highest BCUT2D eigenvalue weighted by Crippen LogP contribution is 2.25. The maximum atomic E-state index is 5.47. The van der Waals surface area contributed by atoms with Gasteiger partial charge in [-0.15, -0.1) is 5.10 Å². The Morgan fingerprint density at radius 2 is 2.32 bits per heavy atom. The molecule has 0 saturated heterocycles. The lowest BCUT2D eigenvalue weighted by molar-refractivity contribution is -0.0106. The Morgan fingerprint density at radius 3 is 2.89 bits per heavy atom. The fourth-order valence-corrected chi connectivity index (χ4v) is 1.58. The minimum atomic E-state index is -0.535. The molecule has 0 fully saturated rings. The number of methoxy groups -OCH3 is 1. The van der Waals surface area contributed by atoms with Crippen molar-refractivity contribution in [3.05, 3.63) is 23.6 Å². The van der Waals surface area contributed by atoms with Crippen molar-refractivity contribution in [3.63, 3.8) is 0 Å². The van der Waals surface area contributed by atoms with Crippen molar-refractivity contribution >= 4 is 0 Å². The van der Waals surface area contributed by atoms with Gasteiger partial charge in [0.05, 0.1) is 11.9 Å². The fourth-order valence-electron chi connectivity index (χ4n) is 1.58. The lowest BCUT2D eigenvalue weighted by Gasteiger charge is -2.21. The van der Waals surface area contributed by atoms with Gasteiger partial charge >= 0.3 is 0 Å². The Bertz CT molecular complexity index is 531. The predicted molar refractivity (Wildman–Crippen MR) is 66.0 cm³/mol. The summed E-state index contributed by atoms with van der Waals surface area (Å²) >= 11 is 0. The van der Waals surface area contributed by atoms with Crippen molar-refractivity contribution < 1.29 is 9.26 Å². The topological polar surface area (TPSA) is 105 Å². The van der Waals surface area contributed by atoms with Crippen molar-refractivity contribution in [1.82, 2.24) is 25.1 Å². The fraction of sp³-hybridized carbons (Fsp3) is 0.636. The number of aromatic nitrogens is 5. The monoisotopic (exact) mass is 266 g/mol. The van der Waals surface area contributed by atoms with Gasteiger partial charge in [0.25, 0.3) is 0 Å². The number of nitrogens with two attached hydrogens (primary N) is 1. The minimum absolute atomic E-state index is 0.354. The zero-order valence-corrected chi connectivity index (χ0v) is 11.3. The van der Waals surface area contributed by atoms with E-state index in [4.69, 9.17) is 15.0 Å². The van der Waals surface area contributed by atoms with E-state index in [0.717, 1.165) is 12.1 Å². The lowest BCUT2D eigenvalue weighted by Crippen LogP contribution is -2.24. The molecule has 2 aromatic heterocycles. The highest BCUT2D eigenvalue weighted by molar-refractivity contribution is 4.99. The minimum Gasteiger partial charge on any atom is -0.370 e. The molecule has 0 aliphatic rings. The van der Waals surface area contributed by atoms with Gasteiger partial charge < -0.3 is 15.0 Å². The van der Waals surface area contributed by atoms with Crippen molar-refractivity contribution in [1.29, 1.82) is 0 Å². The standard InChI is InChI=1S/C11H18N6O2/c1-4-11(2,18-3)10-13-9(19-15-10)7-17-6-8(5-12)14-16-17/h6H,4-5,7,12H2,1-3H3. The molecule has 0 saturated carbocycles. The molecule has 19 heavy (non-hydrogen) atoms. The average Bonchev–Trinajstić information content (AvgIpc) is 3.07. The molecule has 1 atom stereocenters. The van der Waals surface area contributed by atoms with Gasteiger partial charge in [0.15, 0.2) is 0 Å². The molecule has 1 unspecified atom stereocenters. The second-order valence-electron chi connectivity index (χ2n) is 4.41. The summed E-state index contributed by atoms with van der Waals surface area (Å²) in [6, 6.07) is 0. The Kier molecular flexibility index (Phi) is 3.91. The number of hydrogen-bond acceptors (Lipinski definition) is 7. The molecule has 2 aromatic rings. The molecule has 8 heteroatoms. The normalized spacial score (nSPS) is 14.5. The SMILES string of the molecule is CCC(C)(OC)c1noc(Cn2cc(CN)nn2)n1. The molecule has 2 heterocycles. The van der Waals surface area contributed by atoms with Gasteiger partial charge in [0, 0.05) is 13.7 Å². The first-order chi connectivity index (χ1) is 9.11. The second-order valence-corrected chi connectivity index (χ2v) is 4.41. The van der Waals surface area contributed by atoms with E-state index in [0.29, 0.717) is 24.8 Å². The maximum absolute atomic E-state index is 5.47. The molecule has 0 aromatic carbocycles. The molecule has 0 amide bonds. The van der Waals surface area contributed by atoms with Gasteiger partial charge in [0.2, 0.25) is 11.7 Å². The van der Waals surface area contributed by atoms with Gasteiger partial charge in [-0.05, 0) is 13.3 Å². The van der Waals surface area contributed by atoms with Crippen LogP contribution in [0.4, 0.5) is 0 Å². The summed E-state index contributed by atoms with van der Waals surface area (Å²) in [6.45, 7) is 4.64.